The Bertz CT molecular complexity index is 1250. The van der Waals surface area contributed by atoms with Crippen molar-refractivity contribution in [3.05, 3.63) is 72.3 Å². The van der Waals surface area contributed by atoms with Crippen molar-refractivity contribution < 1.29 is 8.42 Å². The summed E-state index contributed by atoms with van der Waals surface area (Å²) in [6.07, 6.45) is 1.14. The van der Waals surface area contributed by atoms with Crippen molar-refractivity contribution in [2.75, 3.05) is 16.3 Å². The van der Waals surface area contributed by atoms with Gasteiger partial charge in [0.1, 0.15) is 0 Å². The Morgan fingerprint density at radius 3 is 2.22 bits per heavy atom. The third kappa shape index (κ3) is 3.71. The summed E-state index contributed by atoms with van der Waals surface area (Å²) in [6.45, 7) is 2.05. The number of para-hydroxylation sites is 1. The van der Waals surface area contributed by atoms with E-state index in [-0.39, 0.29) is 0 Å². The molecule has 1 aromatic heterocycles. The molecule has 0 unspecified atom stereocenters. The van der Waals surface area contributed by atoms with Crippen molar-refractivity contribution in [1.82, 2.24) is 4.98 Å². The molecule has 0 aliphatic carbocycles. The monoisotopic (exact) mass is 377 g/mol. The fraction of sp³-hybridized carbons (Fsp3) is 0.0952. The van der Waals surface area contributed by atoms with Gasteiger partial charge in [0.25, 0.3) is 0 Å². The molecule has 3 aromatic carbocycles. The van der Waals surface area contributed by atoms with Crippen molar-refractivity contribution in [3.8, 4) is 0 Å². The molecule has 1 heterocycles. The van der Waals surface area contributed by atoms with Gasteiger partial charge in [-0.3, -0.25) is 4.72 Å². The van der Waals surface area contributed by atoms with Crippen LogP contribution in [-0.4, -0.2) is 19.7 Å². The van der Waals surface area contributed by atoms with Gasteiger partial charge in [0.05, 0.1) is 23.0 Å². The normalized spacial score (nSPS) is 11.6. The molecule has 0 spiro atoms. The zero-order valence-electron chi connectivity index (χ0n) is 15.0. The largest absolute Gasteiger partial charge is 0.354 e. The highest BCUT2D eigenvalue weighted by molar-refractivity contribution is 7.92. The van der Waals surface area contributed by atoms with E-state index < -0.39 is 10.0 Å². The average Bonchev–Trinajstić information content (AvgIpc) is 2.61. The SMILES string of the molecule is Cc1ccc2c(Nc3ccc(NS(C)(=O)=O)cc3)c3ccccc3nc2c1. The molecule has 0 atom stereocenters. The van der Waals surface area contributed by atoms with E-state index >= 15 is 0 Å². The molecule has 0 amide bonds. The van der Waals surface area contributed by atoms with Crippen LogP contribution in [0.3, 0.4) is 0 Å². The van der Waals surface area contributed by atoms with E-state index in [2.05, 4.69) is 35.2 Å². The van der Waals surface area contributed by atoms with Gasteiger partial charge in [-0.2, -0.15) is 0 Å². The van der Waals surface area contributed by atoms with Crippen molar-refractivity contribution in [2.24, 2.45) is 0 Å². The predicted molar refractivity (Wildman–Crippen MR) is 112 cm³/mol. The van der Waals surface area contributed by atoms with Crippen molar-refractivity contribution >= 4 is 48.9 Å². The second-order valence-electron chi connectivity index (χ2n) is 6.60. The molecule has 136 valence electrons. The van der Waals surface area contributed by atoms with E-state index in [1.54, 1.807) is 12.1 Å². The first-order chi connectivity index (χ1) is 12.9. The number of nitrogens with zero attached hydrogens (tertiary/aromatic N) is 1. The standard InChI is InChI=1S/C21H19N3O2S/c1-14-7-12-18-20(13-14)23-19-6-4-3-5-17(19)21(18)22-15-8-10-16(11-9-15)24-27(2,25)26/h3-13,24H,1-2H3,(H,22,23). The van der Waals surface area contributed by atoms with Crippen LogP contribution >= 0.6 is 0 Å². The average molecular weight is 377 g/mol. The minimum atomic E-state index is -3.29. The van der Waals surface area contributed by atoms with Crippen LogP contribution in [0.5, 0.6) is 0 Å². The smallest absolute Gasteiger partial charge is 0.229 e. The molecular formula is C21H19N3O2S. The first-order valence-electron chi connectivity index (χ1n) is 8.53. The maximum Gasteiger partial charge on any atom is 0.229 e. The van der Waals surface area contributed by atoms with Crippen LogP contribution in [0.15, 0.2) is 66.7 Å². The molecule has 0 radical (unpaired) electrons. The summed E-state index contributed by atoms with van der Waals surface area (Å²) < 4.78 is 25.2. The van der Waals surface area contributed by atoms with Gasteiger partial charge in [-0.05, 0) is 48.9 Å². The number of aryl methyl sites for hydroxylation is 1. The molecule has 6 heteroatoms. The number of aromatic nitrogens is 1. The number of fused-ring (bicyclic) bond motifs is 2. The number of rotatable bonds is 4. The quantitative estimate of drug-likeness (QED) is 0.501. The van der Waals surface area contributed by atoms with E-state index in [1.165, 1.54) is 0 Å². The van der Waals surface area contributed by atoms with Gasteiger partial charge in [0.2, 0.25) is 10.0 Å². The number of pyridine rings is 1. The van der Waals surface area contributed by atoms with Crippen LogP contribution < -0.4 is 10.0 Å². The Hall–Kier alpha value is -3.12. The topological polar surface area (TPSA) is 71.1 Å². The number of benzene rings is 3. The number of sulfonamides is 1. The number of hydrogen-bond donors (Lipinski definition) is 2. The van der Waals surface area contributed by atoms with E-state index in [0.717, 1.165) is 45.0 Å². The first kappa shape index (κ1) is 17.3. The summed E-state index contributed by atoms with van der Waals surface area (Å²) in [4.78, 5) is 4.78. The van der Waals surface area contributed by atoms with Gasteiger partial charge in [-0.1, -0.05) is 30.3 Å². The maximum atomic E-state index is 11.4. The molecule has 4 aromatic rings. The minimum absolute atomic E-state index is 0.531. The molecule has 0 bridgehead atoms. The third-order valence-electron chi connectivity index (χ3n) is 4.29. The van der Waals surface area contributed by atoms with E-state index in [0.29, 0.717) is 5.69 Å². The molecule has 0 fully saturated rings. The lowest BCUT2D eigenvalue weighted by molar-refractivity contribution is 0.607. The second kappa shape index (κ2) is 6.55. The van der Waals surface area contributed by atoms with Crippen LogP contribution in [-0.2, 0) is 10.0 Å². The van der Waals surface area contributed by atoms with Crippen LogP contribution in [0, 0.1) is 6.92 Å². The lowest BCUT2D eigenvalue weighted by Crippen LogP contribution is -2.09. The Morgan fingerprint density at radius 2 is 1.48 bits per heavy atom. The maximum absolute atomic E-state index is 11.4. The van der Waals surface area contributed by atoms with E-state index in [9.17, 15) is 8.42 Å². The summed E-state index contributed by atoms with van der Waals surface area (Å²) in [5.74, 6) is 0. The molecule has 0 saturated carbocycles. The van der Waals surface area contributed by atoms with E-state index in [1.807, 2.05) is 36.4 Å². The minimum Gasteiger partial charge on any atom is -0.354 e. The predicted octanol–water partition coefficient (Wildman–Crippen LogP) is 4.81. The van der Waals surface area contributed by atoms with Gasteiger partial charge >= 0.3 is 0 Å². The van der Waals surface area contributed by atoms with E-state index in [4.69, 9.17) is 4.98 Å². The number of hydrogen-bond acceptors (Lipinski definition) is 4. The van der Waals surface area contributed by atoms with Crippen molar-refractivity contribution in [1.29, 1.82) is 0 Å². The summed E-state index contributed by atoms with van der Waals surface area (Å²) in [5.41, 5.74) is 5.40. The highest BCUT2D eigenvalue weighted by atomic mass is 32.2. The molecular weight excluding hydrogens is 358 g/mol. The molecule has 2 N–H and O–H groups in total. The van der Waals surface area contributed by atoms with Crippen molar-refractivity contribution in [2.45, 2.75) is 6.92 Å². The summed E-state index contributed by atoms with van der Waals surface area (Å²) in [5, 5.41) is 5.56. The van der Waals surface area contributed by atoms with Crippen molar-refractivity contribution in [3.63, 3.8) is 0 Å². The molecule has 0 aliphatic heterocycles. The Morgan fingerprint density at radius 1 is 0.815 bits per heavy atom. The Balaban J connectivity index is 1.80. The molecule has 0 aliphatic rings. The van der Waals surface area contributed by atoms with Gasteiger partial charge in [0, 0.05) is 22.1 Å². The zero-order chi connectivity index (χ0) is 19.0. The Kier molecular flexibility index (Phi) is 4.20. The van der Waals surface area contributed by atoms with Crippen LogP contribution in [0.2, 0.25) is 0 Å². The second-order valence-corrected chi connectivity index (χ2v) is 8.35. The molecule has 4 rings (SSSR count). The first-order valence-corrected chi connectivity index (χ1v) is 10.4. The van der Waals surface area contributed by atoms with Crippen LogP contribution in [0.25, 0.3) is 21.8 Å². The van der Waals surface area contributed by atoms with Gasteiger partial charge < -0.3 is 5.32 Å². The summed E-state index contributed by atoms with van der Waals surface area (Å²) in [7, 11) is -3.29. The summed E-state index contributed by atoms with van der Waals surface area (Å²) >= 11 is 0. The molecule has 5 nitrogen and oxygen atoms in total. The summed E-state index contributed by atoms with van der Waals surface area (Å²) in [6, 6.07) is 21.4. The fourth-order valence-corrected chi connectivity index (χ4v) is 3.68. The lowest BCUT2D eigenvalue weighted by atomic mass is 10.1. The van der Waals surface area contributed by atoms with Gasteiger partial charge in [0.15, 0.2) is 0 Å². The fourth-order valence-electron chi connectivity index (χ4n) is 3.12. The Labute approximate surface area is 158 Å². The molecule has 27 heavy (non-hydrogen) atoms. The van der Waals surface area contributed by atoms with Gasteiger partial charge in [-0.25, -0.2) is 13.4 Å². The highest BCUT2D eigenvalue weighted by Crippen LogP contribution is 2.33. The van der Waals surface area contributed by atoms with Crippen LogP contribution in [0.4, 0.5) is 17.1 Å². The van der Waals surface area contributed by atoms with Gasteiger partial charge in [-0.15, -0.1) is 0 Å². The lowest BCUT2D eigenvalue weighted by Gasteiger charge is -2.14. The number of nitrogens with one attached hydrogen (secondary N) is 2. The highest BCUT2D eigenvalue weighted by Gasteiger charge is 2.10. The third-order valence-corrected chi connectivity index (χ3v) is 4.90. The zero-order valence-corrected chi connectivity index (χ0v) is 15.8. The van der Waals surface area contributed by atoms with Crippen LogP contribution in [0.1, 0.15) is 5.56 Å². The number of anilines is 3. The molecule has 0 saturated heterocycles.